The molecule has 1 N–H and O–H groups in total. The van der Waals surface area contributed by atoms with E-state index in [1.165, 1.54) is 0 Å². The number of rotatable bonds is 6. The molecule has 0 aliphatic carbocycles. The van der Waals surface area contributed by atoms with E-state index in [9.17, 15) is 4.79 Å². The van der Waals surface area contributed by atoms with E-state index in [2.05, 4.69) is 11.8 Å². The number of carboxylic acid groups (broad SMARTS) is 1. The van der Waals surface area contributed by atoms with Crippen molar-refractivity contribution in [3.8, 4) is 0 Å². The number of nitrogens with zero attached hydrogens (tertiary/aromatic N) is 2. The van der Waals surface area contributed by atoms with E-state index in [4.69, 9.17) is 9.84 Å². The first-order valence-corrected chi connectivity index (χ1v) is 7.04. The third-order valence-electron chi connectivity index (χ3n) is 3.54. The lowest BCUT2D eigenvalue weighted by Crippen LogP contribution is -2.48. The Kier molecular flexibility index (Phi) is 5.38. The highest BCUT2D eigenvalue weighted by atomic mass is 16.5. The third-order valence-corrected chi connectivity index (χ3v) is 3.54. The predicted octanol–water partition coefficient (Wildman–Crippen LogP) is 1.30. The van der Waals surface area contributed by atoms with Gasteiger partial charge < -0.3 is 14.7 Å². The Morgan fingerprint density at radius 2 is 2.20 bits per heavy atom. The lowest BCUT2D eigenvalue weighted by atomic mass is 10.2. The molecule has 5 heteroatoms. The Morgan fingerprint density at radius 1 is 1.45 bits per heavy atom. The number of aliphatic carboxylic acids is 1. The summed E-state index contributed by atoms with van der Waals surface area (Å²) in [4.78, 5) is 15.3. The molecule has 1 unspecified atom stereocenters. The van der Waals surface area contributed by atoms with Gasteiger partial charge in [0.2, 0.25) is 0 Å². The van der Waals surface area contributed by atoms with Gasteiger partial charge in [0.15, 0.2) is 0 Å². The molecular weight excluding hydrogens is 256 g/mol. The maximum Gasteiger partial charge on any atom is 0.323 e. The molecule has 0 bridgehead atoms. The topological polar surface area (TPSA) is 53.0 Å². The second-order valence-corrected chi connectivity index (χ2v) is 5.00. The number of likely N-dealkylation sites (N-methyl/N-ethyl adjacent to an activating group) is 1. The van der Waals surface area contributed by atoms with Crippen LogP contribution in [0.3, 0.4) is 0 Å². The molecule has 1 atom stereocenters. The molecule has 0 aromatic heterocycles. The van der Waals surface area contributed by atoms with Crippen LogP contribution in [0, 0.1) is 0 Å². The number of benzene rings is 1. The van der Waals surface area contributed by atoms with Crippen molar-refractivity contribution in [3.63, 3.8) is 0 Å². The standard InChI is InChI=1S/C15H22N2O3/c1-2-16-8-9-20-14(10-16)11-17(12-15(18)19)13-6-4-3-5-7-13/h3-7,14H,2,8-12H2,1H3,(H,18,19). The van der Waals surface area contributed by atoms with E-state index in [1.807, 2.05) is 35.2 Å². The van der Waals surface area contributed by atoms with Gasteiger partial charge in [-0.15, -0.1) is 0 Å². The van der Waals surface area contributed by atoms with E-state index < -0.39 is 5.97 Å². The molecule has 1 aromatic carbocycles. The first-order valence-electron chi connectivity index (χ1n) is 7.04. The Balaban J connectivity index is 2.02. The summed E-state index contributed by atoms with van der Waals surface area (Å²) >= 11 is 0. The van der Waals surface area contributed by atoms with Crippen LogP contribution in [0.4, 0.5) is 5.69 Å². The molecule has 1 aromatic rings. The molecule has 1 saturated heterocycles. The van der Waals surface area contributed by atoms with Gasteiger partial charge in [-0.3, -0.25) is 9.69 Å². The highest BCUT2D eigenvalue weighted by Gasteiger charge is 2.23. The van der Waals surface area contributed by atoms with Crippen molar-refractivity contribution < 1.29 is 14.6 Å². The van der Waals surface area contributed by atoms with Gasteiger partial charge >= 0.3 is 5.97 Å². The van der Waals surface area contributed by atoms with Gasteiger partial charge in [-0.2, -0.15) is 0 Å². The minimum absolute atomic E-state index is 0.00397. The van der Waals surface area contributed by atoms with Crippen molar-refractivity contribution in [1.29, 1.82) is 0 Å². The number of ether oxygens (including phenoxy) is 1. The van der Waals surface area contributed by atoms with Crippen molar-refractivity contribution in [3.05, 3.63) is 30.3 Å². The van der Waals surface area contributed by atoms with E-state index in [0.717, 1.165) is 25.3 Å². The maximum absolute atomic E-state index is 11.1. The molecule has 1 fully saturated rings. The number of para-hydroxylation sites is 1. The highest BCUT2D eigenvalue weighted by molar-refractivity contribution is 5.73. The Bertz CT molecular complexity index is 424. The summed E-state index contributed by atoms with van der Waals surface area (Å²) in [6.45, 7) is 6.27. The van der Waals surface area contributed by atoms with Crippen LogP contribution in [-0.2, 0) is 9.53 Å². The lowest BCUT2D eigenvalue weighted by Gasteiger charge is -2.35. The number of hydrogen-bond donors (Lipinski definition) is 1. The summed E-state index contributed by atoms with van der Waals surface area (Å²) in [6.07, 6.45) is 0.0586. The molecule has 0 spiro atoms. The van der Waals surface area contributed by atoms with Gasteiger partial charge in [-0.05, 0) is 18.7 Å². The minimum atomic E-state index is -0.822. The van der Waals surface area contributed by atoms with Crippen LogP contribution in [0.15, 0.2) is 30.3 Å². The summed E-state index contributed by atoms with van der Waals surface area (Å²) in [5, 5.41) is 9.08. The monoisotopic (exact) mass is 278 g/mol. The van der Waals surface area contributed by atoms with E-state index in [-0.39, 0.29) is 12.6 Å². The van der Waals surface area contributed by atoms with Crippen LogP contribution in [0.5, 0.6) is 0 Å². The summed E-state index contributed by atoms with van der Waals surface area (Å²) < 4.78 is 5.77. The molecule has 2 rings (SSSR count). The summed E-state index contributed by atoms with van der Waals surface area (Å²) in [5.74, 6) is -0.822. The third kappa shape index (κ3) is 4.21. The quantitative estimate of drug-likeness (QED) is 0.850. The number of carbonyl (C=O) groups is 1. The fraction of sp³-hybridized carbons (Fsp3) is 0.533. The Morgan fingerprint density at radius 3 is 2.85 bits per heavy atom. The lowest BCUT2D eigenvalue weighted by molar-refractivity contribution is -0.135. The van der Waals surface area contributed by atoms with Gasteiger partial charge in [0, 0.05) is 25.3 Å². The van der Waals surface area contributed by atoms with Crippen molar-refractivity contribution in [2.75, 3.05) is 44.2 Å². The largest absolute Gasteiger partial charge is 0.480 e. The molecular formula is C15H22N2O3. The van der Waals surface area contributed by atoms with Gasteiger partial charge in [0.25, 0.3) is 0 Å². The first-order chi connectivity index (χ1) is 9.69. The second kappa shape index (κ2) is 7.26. The molecule has 20 heavy (non-hydrogen) atoms. The van der Waals surface area contributed by atoms with E-state index in [1.54, 1.807) is 0 Å². The molecule has 1 heterocycles. The minimum Gasteiger partial charge on any atom is -0.480 e. The fourth-order valence-electron chi connectivity index (χ4n) is 2.49. The molecule has 110 valence electrons. The molecule has 1 aliphatic rings. The van der Waals surface area contributed by atoms with Crippen molar-refractivity contribution >= 4 is 11.7 Å². The van der Waals surface area contributed by atoms with Gasteiger partial charge in [-0.25, -0.2) is 0 Å². The van der Waals surface area contributed by atoms with Crippen LogP contribution in [0.2, 0.25) is 0 Å². The first kappa shape index (κ1) is 14.8. The Labute approximate surface area is 119 Å². The second-order valence-electron chi connectivity index (χ2n) is 5.00. The van der Waals surface area contributed by atoms with Gasteiger partial charge in [0.1, 0.15) is 6.54 Å². The fourth-order valence-corrected chi connectivity index (χ4v) is 2.49. The van der Waals surface area contributed by atoms with Crippen molar-refractivity contribution in [2.45, 2.75) is 13.0 Å². The van der Waals surface area contributed by atoms with Crippen LogP contribution in [-0.4, -0.2) is 61.4 Å². The van der Waals surface area contributed by atoms with E-state index >= 15 is 0 Å². The molecule has 5 nitrogen and oxygen atoms in total. The summed E-state index contributed by atoms with van der Waals surface area (Å²) in [7, 11) is 0. The molecule has 0 amide bonds. The average Bonchev–Trinajstić information content (AvgIpc) is 2.47. The summed E-state index contributed by atoms with van der Waals surface area (Å²) in [6, 6.07) is 9.64. The van der Waals surface area contributed by atoms with Crippen LogP contribution < -0.4 is 4.90 Å². The highest BCUT2D eigenvalue weighted by Crippen LogP contribution is 2.15. The maximum atomic E-state index is 11.1. The van der Waals surface area contributed by atoms with Gasteiger partial charge in [0.05, 0.1) is 12.7 Å². The normalized spacial score (nSPS) is 19.8. The number of morpholine rings is 1. The SMILES string of the molecule is CCN1CCOC(CN(CC(=O)O)c2ccccc2)C1. The summed E-state index contributed by atoms with van der Waals surface area (Å²) in [5.41, 5.74) is 0.923. The van der Waals surface area contributed by atoms with Crippen molar-refractivity contribution in [1.82, 2.24) is 4.90 Å². The predicted molar refractivity (Wildman–Crippen MR) is 78.1 cm³/mol. The number of carboxylic acids is 1. The zero-order chi connectivity index (χ0) is 14.4. The zero-order valence-electron chi connectivity index (χ0n) is 11.9. The smallest absolute Gasteiger partial charge is 0.323 e. The van der Waals surface area contributed by atoms with Gasteiger partial charge in [-0.1, -0.05) is 25.1 Å². The molecule has 0 radical (unpaired) electrons. The van der Waals surface area contributed by atoms with Crippen LogP contribution in [0.1, 0.15) is 6.92 Å². The number of anilines is 1. The zero-order valence-corrected chi connectivity index (χ0v) is 11.9. The van der Waals surface area contributed by atoms with Crippen LogP contribution >= 0.6 is 0 Å². The average molecular weight is 278 g/mol. The molecule has 1 aliphatic heterocycles. The molecule has 0 saturated carbocycles. The van der Waals surface area contributed by atoms with E-state index in [0.29, 0.717) is 13.2 Å². The number of hydrogen-bond acceptors (Lipinski definition) is 4. The van der Waals surface area contributed by atoms with Crippen LogP contribution in [0.25, 0.3) is 0 Å². The Hall–Kier alpha value is -1.59. The van der Waals surface area contributed by atoms with Crippen molar-refractivity contribution in [2.24, 2.45) is 0 Å².